The SMILES string of the molecule is COc1cc(C(=O)OCC(=O)Nc2ccc(S(N)(=O)=O)cc2)ccc1OCc1ccccc1. The summed E-state index contributed by atoms with van der Waals surface area (Å²) in [4.78, 5) is 24.3. The molecule has 0 aliphatic heterocycles. The van der Waals surface area contributed by atoms with Crippen molar-refractivity contribution in [2.75, 3.05) is 19.0 Å². The van der Waals surface area contributed by atoms with Gasteiger partial charge in [0.1, 0.15) is 6.61 Å². The second kappa shape index (κ2) is 10.6. The molecule has 1 amide bonds. The predicted octanol–water partition coefficient (Wildman–Crippen LogP) is 2.72. The lowest BCUT2D eigenvalue weighted by Gasteiger charge is -2.12. The molecule has 3 rings (SSSR count). The molecule has 0 atom stereocenters. The molecule has 0 aliphatic rings. The third kappa shape index (κ3) is 6.79. The number of hydrogen-bond acceptors (Lipinski definition) is 7. The topological polar surface area (TPSA) is 134 Å². The molecule has 0 aliphatic carbocycles. The zero-order valence-electron chi connectivity index (χ0n) is 17.7. The number of carbonyl (C=O) groups excluding carboxylic acids is 2. The first-order valence-corrected chi connectivity index (χ1v) is 11.3. The molecule has 3 N–H and O–H groups in total. The molecule has 0 radical (unpaired) electrons. The highest BCUT2D eigenvalue weighted by Crippen LogP contribution is 2.29. The smallest absolute Gasteiger partial charge is 0.338 e. The van der Waals surface area contributed by atoms with Gasteiger partial charge in [-0.2, -0.15) is 0 Å². The minimum atomic E-state index is -3.83. The van der Waals surface area contributed by atoms with Gasteiger partial charge in [0.25, 0.3) is 5.91 Å². The van der Waals surface area contributed by atoms with Crippen LogP contribution in [0.2, 0.25) is 0 Å². The summed E-state index contributed by atoms with van der Waals surface area (Å²) in [5, 5.41) is 7.52. The van der Waals surface area contributed by atoms with Crippen LogP contribution in [0.25, 0.3) is 0 Å². The molecule has 0 heterocycles. The number of hydrogen-bond donors (Lipinski definition) is 2. The molecule has 3 aromatic carbocycles. The van der Waals surface area contributed by atoms with Crippen molar-refractivity contribution < 1.29 is 32.2 Å². The van der Waals surface area contributed by atoms with Crippen LogP contribution in [0, 0.1) is 0 Å². The zero-order valence-corrected chi connectivity index (χ0v) is 18.5. The number of benzene rings is 3. The van der Waals surface area contributed by atoms with E-state index in [1.807, 2.05) is 30.3 Å². The van der Waals surface area contributed by atoms with Crippen LogP contribution in [-0.2, 0) is 26.2 Å². The standard InChI is InChI=1S/C23H22N2O7S/c1-30-21-13-17(7-12-20(21)31-14-16-5-3-2-4-6-16)23(27)32-15-22(26)25-18-8-10-19(11-9-18)33(24,28)29/h2-13H,14-15H2,1H3,(H,25,26)(H2,24,28,29). The van der Waals surface area contributed by atoms with E-state index >= 15 is 0 Å². The van der Waals surface area contributed by atoms with E-state index in [2.05, 4.69) is 5.32 Å². The number of nitrogens with one attached hydrogen (secondary N) is 1. The number of anilines is 1. The Labute approximate surface area is 191 Å². The van der Waals surface area contributed by atoms with Crippen LogP contribution in [0.1, 0.15) is 15.9 Å². The first-order chi connectivity index (χ1) is 15.8. The maximum atomic E-state index is 12.3. The highest BCUT2D eigenvalue weighted by Gasteiger charge is 2.15. The minimum absolute atomic E-state index is 0.0860. The van der Waals surface area contributed by atoms with Gasteiger partial charge in [0.2, 0.25) is 10.0 Å². The van der Waals surface area contributed by atoms with Crippen molar-refractivity contribution >= 4 is 27.6 Å². The third-order valence-electron chi connectivity index (χ3n) is 4.44. The highest BCUT2D eigenvalue weighted by molar-refractivity contribution is 7.89. The number of sulfonamides is 1. The van der Waals surface area contributed by atoms with Crippen molar-refractivity contribution in [1.29, 1.82) is 0 Å². The van der Waals surface area contributed by atoms with Gasteiger partial charge in [-0.1, -0.05) is 30.3 Å². The maximum absolute atomic E-state index is 12.3. The van der Waals surface area contributed by atoms with E-state index in [-0.39, 0.29) is 10.5 Å². The number of carbonyl (C=O) groups is 2. The van der Waals surface area contributed by atoms with Crippen LogP contribution in [0.5, 0.6) is 11.5 Å². The molecule has 0 fully saturated rings. The molecule has 0 saturated heterocycles. The highest BCUT2D eigenvalue weighted by atomic mass is 32.2. The molecule has 0 unspecified atom stereocenters. The predicted molar refractivity (Wildman–Crippen MR) is 120 cm³/mol. The van der Waals surface area contributed by atoms with Gasteiger partial charge < -0.3 is 19.5 Å². The second-order valence-electron chi connectivity index (χ2n) is 6.83. The molecule has 9 nitrogen and oxygen atoms in total. The van der Waals surface area contributed by atoms with Crippen LogP contribution in [0.3, 0.4) is 0 Å². The van der Waals surface area contributed by atoms with E-state index in [0.717, 1.165) is 5.56 Å². The van der Waals surface area contributed by atoms with E-state index in [1.165, 1.54) is 43.5 Å². The summed E-state index contributed by atoms with van der Waals surface area (Å²) in [5.41, 5.74) is 1.49. The molecule has 0 saturated carbocycles. The van der Waals surface area contributed by atoms with Crippen molar-refractivity contribution in [3.63, 3.8) is 0 Å². The largest absolute Gasteiger partial charge is 0.493 e. The average molecular weight is 471 g/mol. The number of nitrogens with two attached hydrogens (primary N) is 1. The Morgan fingerprint density at radius 3 is 2.27 bits per heavy atom. The Morgan fingerprint density at radius 1 is 0.939 bits per heavy atom. The number of primary sulfonamides is 1. The summed E-state index contributed by atoms with van der Waals surface area (Å²) in [6, 6.07) is 19.4. The number of ether oxygens (including phenoxy) is 3. The fourth-order valence-electron chi connectivity index (χ4n) is 2.79. The lowest BCUT2D eigenvalue weighted by molar-refractivity contribution is -0.119. The fourth-order valence-corrected chi connectivity index (χ4v) is 3.30. The van der Waals surface area contributed by atoms with Gasteiger partial charge in [0.15, 0.2) is 18.1 Å². The molecule has 0 spiro atoms. The fraction of sp³-hybridized carbons (Fsp3) is 0.130. The summed E-state index contributed by atoms with van der Waals surface area (Å²) in [7, 11) is -2.38. The average Bonchev–Trinajstić information content (AvgIpc) is 2.81. The number of rotatable bonds is 9. The first-order valence-electron chi connectivity index (χ1n) is 9.71. The van der Waals surface area contributed by atoms with Crippen LogP contribution < -0.4 is 19.9 Å². The molecule has 33 heavy (non-hydrogen) atoms. The van der Waals surface area contributed by atoms with Gasteiger partial charge in [-0.05, 0) is 48.0 Å². The molecule has 3 aromatic rings. The van der Waals surface area contributed by atoms with E-state index in [9.17, 15) is 18.0 Å². The summed E-state index contributed by atoms with van der Waals surface area (Å²) in [6.45, 7) is -0.205. The molecular weight excluding hydrogens is 448 g/mol. The van der Waals surface area contributed by atoms with E-state index < -0.39 is 28.5 Å². The van der Waals surface area contributed by atoms with Crippen molar-refractivity contribution in [1.82, 2.24) is 0 Å². The van der Waals surface area contributed by atoms with Gasteiger partial charge in [0, 0.05) is 5.69 Å². The summed E-state index contributed by atoms with van der Waals surface area (Å²) in [6.07, 6.45) is 0. The summed E-state index contributed by atoms with van der Waals surface area (Å²) < 4.78 is 38.6. The molecular formula is C23H22N2O7S. The Balaban J connectivity index is 1.55. The van der Waals surface area contributed by atoms with Gasteiger partial charge >= 0.3 is 5.97 Å². The van der Waals surface area contributed by atoms with Crippen LogP contribution in [0.15, 0.2) is 77.7 Å². The molecule has 172 valence electrons. The van der Waals surface area contributed by atoms with Crippen molar-refractivity contribution in [3.05, 3.63) is 83.9 Å². The van der Waals surface area contributed by atoms with Crippen LogP contribution >= 0.6 is 0 Å². The van der Waals surface area contributed by atoms with Crippen LogP contribution in [0.4, 0.5) is 5.69 Å². The minimum Gasteiger partial charge on any atom is -0.493 e. The van der Waals surface area contributed by atoms with E-state index in [4.69, 9.17) is 19.3 Å². The monoisotopic (exact) mass is 470 g/mol. The second-order valence-corrected chi connectivity index (χ2v) is 8.40. The summed E-state index contributed by atoms with van der Waals surface area (Å²) in [5.74, 6) is -0.512. The molecule has 10 heteroatoms. The number of esters is 1. The number of methoxy groups -OCH3 is 1. The van der Waals surface area contributed by atoms with Crippen LogP contribution in [-0.4, -0.2) is 34.0 Å². The van der Waals surface area contributed by atoms with Gasteiger partial charge in [-0.15, -0.1) is 0 Å². The molecule has 0 aromatic heterocycles. The van der Waals surface area contributed by atoms with Crippen molar-refractivity contribution in [2.24, 2.45) is 5.14 Å². The molecule has 0 bridgehead atoms. The Bertz CT molecular complexity index is 1230. The van der Waals surface area contributed by atoms with Gasteiger partial charge in [-0.25, -0.2) is 18.4 Å². The summed E-state index contributed by atoms with van der Waals surface area (Å²) >= 11 is 0. The maximum Gasteiger partial charge on any atom is 0.338 e. The van der Waals surface area contributed by atoms with Gasteiger partial charge in [-0.3, -0.25) is 4.79 Å². The van der Waals surface area contributed by atoms with Crippen molar-refractivity contribution in [2.45, 2.75) is 11.5 Å². The lowest BCUT2D eigenvalue weighted by atomic mass is 10.2. The number of amides is 1. The Morgan fingerprint density at radius 2 is 1.64 bits per heavy atom. The Hall–Kier alpha value is -3.89. The Kier molecular flexibility index (Phi) is 7.65. The van der Waals surface area contributed by atoms with Crippen molar-refractivity contribution in [3.8, 4) is 11.5 Å². The first kappa shape index (κ1) is 23.8. The van der Waals surface area contributed by atoms with Gasteiger partial charge in [0.05, 0.1) is 17.6 Å². The quantitative estimate of drug-likeness (QED) is 0.459. The zero-order chi connectivity index (χ0) is 23.8. The lowest BCUT2D eigenvalue weighted by Crippen LogP contribution is -2.21. The van der Waals surface area contributed by atoms with E-state index in [0.29, 0.717) is 23.8 Å². The third-order valence-corrected chi connectivity index (χ3v) is 5.37. The van der Waals surface area contributed by atoms with E-state index in [1.54, 1.807) is 6.07 Å². The normalized spacial score (nSPS) is 10.8.